The maximum atomic E-state index is 13.1. The maximum absolute atomic E-state index is 13.1. The van der Waals surface area contributed by atoms with Crippen LogP contribution in [0.15, 0.2) is 76.9 Å². The van der Waals surface area contributed by atoms with Gasteiger partial charge in [-0.05, 0) is 63.9 Å². The van der Waals surface area contributed by atoms with Crippen molar-refractivity contribution in [1.82, 2.24) is 30.1 Å². The second-order valence-electron chi connectivity index (χ2n) is 8.98. The average Bonchev–Trinajstić information content (AvgIpc) is 3.61. The summed E-state index contributed by atoms with van der Waals surface area (Å²) in [6.07, 6.45) is 1.65. The van der Waals surface area contributed by atoms with Crippen LogP contribution in [0, 0.1) is 0 Å². The van der Waals surface area contributed by atoms with E-state index in [-0.39, 0.29) is 11.6 Å². The number of H-pyrrole nitrogens is 1. The number of thiophene rings is 1. The van der Waals surface area contributed by atoms with Gasteiger partial charge in [0.1, 0.15) is 5.75 Å². The molecule has 37 heavy (non-hydrogen) atoms. The number of rotatable bonds is 11. The second-order valence-corrected chi connectivity index (χ2v) is 10.0. The van der Waals surface area contributed by atoms with Crippen molar-refractivity contribution in [3.05, 3.63) is 104 Å². The van der Waals surface area contributed by atoms with E-state index in [1.54, 1.807) is 18.4 Å². The molecule has 0 fully saturated rings. The highest BCUT2D eigenvalue weighted by molar-refractivity contribution is 7.09. The number of aryl methyl sites for hydroxylation is 2. The van der Waals surface area contributed by atoms with Crippen LogP contribution in [0.25, 0.3) is 10.9 Å². The molecule has 0 saturated carbocycles. The summed E-state index contributed by atoms with van der Waals surface area (Å²) in [6.45, 7) is 3.99. The van der Waals surface area contributed by atoms with E-state index in [4.69, 9.17) is 4.74 Å². The lowest BCUT2D eigenvalue weighted by molar-refractivity contribution is 0.162. The summed E-state index contributed by atoms with van der Waals surface area (Å²) in [5.41, 5.74) is 2.60. The van der Waals surface area contributed by atoms with Gasteiger partial charge in [-0.2, -0.15) is 0 Å². The first-order valence-corrected chi connectivity index (χ1v) is 13.3. The molecule has 190 valence electrons. The van der Waals surface area contributed by atoms with Gasteiger partial charge >= 0.3 is 0 Å². The molecule has 0 aliphatic rings. The van der Waals surface area contributed by atoms with Gasteiger partial charge in [0.2, 0.25) is 0 Å². The van der Waals surface area contributed by atoms with Crippen molar-refractivity contribution < 1.29 is 4.74 Å². The van der Waals surface area contributed by atoms with Gasteiger partial charge in [-0.15, -0.1) is 16.4 Å². The van der Waals surface area contributed by atoms with Crippen LogP contribution in [0.1, 0.15) is 41.2 Å². The average molecular weight is 515 g/mol. The van der Waals surface area contributed by atoms with Gasteiger partial charge in [-0.1, -0.05) is 43.3 Å². The van der Waals surface area contributed by atoms with Crippen molar-refractivity contribution in [1.29, 1.82) is 0 Å². The molecule has 3 aromatic heterocycles. The van der Waals surface area contributed by atoms with Gasteiger partial charge in [0.25, 0.3) is 5.56 Å². The third kappa shape index (κ3) is 5.79. The van der Waals surface area contributed by atoms with Crippen LogP contribution < -0.4 is 10.3 Å². The van der Waals surface area contributed by atoms with Gasteiger partial charge in [0, 0.05) is 36.1 Å². The number of hydrogen-bond acceptors (Lipinski definition) is 7. The topological polar surface area (TPSA) is 88.9 Å². The third-order valence-electron chi connectivity index (χ3n) is 6.58. The summed E-state index contributed by atoms with van der Waals surface area (Å²) in [4.78, 5) is 19.7. The zero-order valence-electron chi connectivity index (χ0n) is 21.0. The Labute approximate surface area is 219 Å². The first-order valence-electron chi connectivity index (χ1n) is 12.4. The van der Waals surface area contributed by atoms with Crippen molar-refractivity contribution in [2.24, 2.45) is 0 Å². The molecule has 0 saturated heterocycles. The Kier molecular flexibility index (Phi) is 7.72. The SMILES string of the molecule is CC[C@@H](c1nnnn1CCc1ccccc1)N(Cc1cccs1)Cc1cc2ccc(OC)cc2[nH]c1=O. The van der Waals surface area contributed by atoms with Gasteiger partial charge in [0.05, 0.1) is 18.7 Å². The molecule has 0 aliphatic carbocycles. The molecule has 8 nitrogen and oxygen atoms in total. The summed E-state index contributed by atoms with van der Waals surface area (Å²) < 4.78 is 7.21. The maximum Gasteiger partial charge on any atom is 0.252 e. The number of benzene rings is 2. The molecule has 0 spiro atoms. The minimum absolute atomic E-state index is 0.0566. The highest BCUT2D eigenvalue weighted by Gasteiger charge is 2.26. The predicted octanol–water partition coefficient (Wildman–Crippen LogP) is 4.98. The quantitative estimate of drug-likeness (QED) is 0.267. The zero-order valence-corrected chi connectivity index (χ0v) is 21.8. The molecule has 3 heterocycles. The molecule has 0 bridgehead atoms. The Hall–Kier alpha value is -3.82. The Bertz CT molecular complexity index is 1500. The zero-order chi connectivity index (χ0) is 25.6. The first kappa shape index (κ1) is 24.9. The lowest BCUT2D eigenvalue weighted by atomic mass is 10.1. The van der Waals surface area contributed by atoms with E-state index < -0.39 is 0 Å². The van der Waals surface area contributed by atoms with Crippen molar-refractivity contribution in [2.75, 3.05) is 7.11 Å². The largest absolute Gasteiger partial charge is 0.497 e. The number of fused-ring (bicyclic) bond motifs is 1. The number of methoxy groups -OCH3 is 1. The molecule has 0 unspecified atom stereocenters. The standard InChI is InChI=1S/C28H30N6O2S/c1-3-26(27-30-31-32-34(27)14-13-20-8-5-4-6-9-20)33(19-24-10-7-15-37-24)18-22-16-21-11-12-23(36-2)17-25(21)29-28(22)35/h4-12,15-17,26H,3,13-14,18-19H2,1-2H3,(H,29,35)/t26-/m0/s1. The Balaban J connectivity index is 1.45. The van der Waals surface area contributed by atoms with Crippen LogP contribution in [0.5, 0.6) is 5.75 Å². The van der Waals surface area contributed by atoms with Gasteiger partial charge in [-0.25, -0.2) is 4.68 Å². The van der Waals surface area contributed by atoms with Crippen molar-refractivity contribution >= 4 is 22.2 Å². The van der Waals surface area contributed by atoms with Crippen LogP contribution in [0.4, 0.5) is 0 Å². The van der Waals surface area contributed by atoms with Crippen LogP contribution >= 0.6 is 11.3 Å². The Morgan fingerprint density at radius 3 is 2.70 bits per heavy atom. The number of aromatic nitrogens is 5. The van der Waals surface area contributed by atoms with E-state index in [9.17, 15) is 4.79 Å². The minimum atomic E-state index is -0.101. The number of hydrogen-bond donors (Lipinski definition) is 1. The third-order valence-corrected chi connectivity index (χ3v) is 7.44. The lowest BCUT2D eigenvalue weighted by Crippen LogP contribution is -2.32. The molecule has 0 aliphatic heterocycles. The summed E-state index contributed by atoms with van der Waals surface area (Å²) in [7, 11) is 1.62. The monoisotopic (exact) mass is 514 g/mol. The lowest BCUT2D eigenvalue weighted by Gasteiger charge is -2.30. The van der Waals surface area contributed by atoms with E-state index >= 15 is 0 Å². The smallest absolute Gasteiger partial charge is 0.252 e. The molecule has 0 radical (unpaired) electrons. The number of nitrogens with one attached hydrogen (secondary N) is 1. The first-order chi connectivity index (χ1) is 18.1. The molecular weight excluding hydrogens is 484 g/mol. The van der Waals surface area contributed by atoms with E-state index in [1.807, 2.05) is 47.1 Å². The fraction of sp³-hybridized carbons (Fsp3) is 0.286. The predicted molar refractivity (Wildman–Crippen MR) is 146 cm³/mol. The number of aromatic amines is 1. The number of tetrazole rings is 1. The van der Waals surface area contributed by atoms with Crippen LogP contribution in [-0.2, 0) is 26.1 Å². The fourth-order valence-corrected chi connectivity index (χ4v) is 5.39. The van der Waals surface area contributed by atoms with E-state index in [0.29, 0.717) is 30.9 Å². The minimum Gasteiger partial charge on any atom is -0.497 e. The normalized spacial score (nSPS) is 12.3. The highest BCUT2D eigenvalue weighted by Crippen LogP contribution is 2.28. The van der Waals surface area contributed by atoms with Gasteiger partial charge < -0.3 is 9.72 Å². The van der Waals surface area contributed by atoms with Gasteiger partial charge in [0.15, 0.2) is 5.82 Å². The van der Waals surface area contributed by atoms with E-state index in [0.717, 1.165) is 29.6 Å². The molecule has 1 N–H and O–H groups in total. The molecule has 5 aromatic rings. The fourth-order valence-electron chi connectivity index (χ4n) is 4.66. The Morgan fingerprint density at radius 2 is 1.95 bits per heavy atom. The van der Waals surface area contributed by atoms with Crippen molar-refractivity contribution in [3.63, 3.8) is 0 Å². The van der Waals surface area contributed by atoms with E-state index in [2.05, 4.69) is 62.0 Å². The summed E-state index contributed by atoms with van der Waals surface area (Å²) >= 11 is 1.71. The second kappa shape index (κ2) is 11.5. The number of pyridine rings is 1. The molecule has 5 rings (SSSR count). The van der Waals surface area contributed by atoms with Crippen LogP contribution in [-0.4, -0.2) is 37.2 Å². The van der Waals surface area contributed by atoms with Crippen LogP contribution in [0.3, 0.4) is 0 Å². The molecular formula is C28H30N6O2S. The summed E-state index contributed by atoms with van der Waals surface area (Å²) in [5.74, 6) is 1.53. The van der Waals surface area contributed by atoms with Crippen molar-refractivity contribution in [2.45, 2.75) is 45.4 Å². The number of nitrogens with zero attached hydrogens (tertiary/aromatic N) is 5. The molecule has 2 aromatic carbocycles. The summed E-state index contributed by atoms with van der Waals surface area (Å²) in [6, 6.07) is 22.2. The van der Waals surface area contributed by atoms with Crippen molar-refractivity contribution in [3.8, 4) is 5.75 Å². The highest BCUT2D eigenvalue weighted by atomic mass is 32.1. The molecule has 9 heteroatoms. The van der Waals surface area contributed by atoms with Gasteiger partial charge in [-0.3, -0.25) is 9.69 Å². The summed E-state index contributed by atoms with van der Waals surface area (Å²) in [5, 5.41) is 15.8. The Morgan fingerprint density at radius 1 is 1.08 bits per heavy atom. The molecule has 0 amide bonds. The molecule has 1 atom stereocenters. The number of ether oxygens (including phenoxy) is 1. The van der Waals surface area contributed by atoms with E-state index in [1.165, 1.54) is 10.4 Å². The van der Waals surface area contributed by atoms with Crippen LogP contribution in [0.2, 0.25) is 0 Å².